The third kappa shape index (κ3) is 6.17. The van der Waals surface area contributed by atoms with Crippen molar-refractivity contribution < 1.29 is 68.1 Å². The number of esters is 2. The van der Waals surface area contributed by atoms with Gasteiger partial charge in [0, 0.05) is 13.5 Å². The van der Waals surface area contributed by atoms with Crippen molar-refractivity contribution in [2.75, 3.05) is 6.61 Å². The van der Waals surface area contributed by atoms with Gasteiger partial charge in [-0.25, -0.2) is 19.6 Å². The number of carbonyl (C=O) groups is 3. The minimum atomic E-state index is -5.48. The van der Waals surface area contributed by atoms with Crippen LogP contribution in [0.15, 0.2) is 17.6 Å². The quantitative estimate of drug-likeness (QED) is 0.413. The summed E-state index contributed by atoms with van der Waals surface area (Å²) in [5.74, 6) is -7.88. The van der Waals surface area contributed by atoms with Crippen molar-refractivity contribution in [1.29, 1.82) is 0 Å². The lowest BCUT2D eigenvalue weighted by atomic mass is 10.2. The molecular weight excluding hydrogens is 541 g/mol. The van der Waals surface area contributed by atoms with Gasteiger partial charge in [0.05, 0.1) is 12.7 Å². The number of imidazole rings is 1. The van der Waals surface area contributed by atoms with Crippen LogP contribution in [0, 0.1) is 0 Å². The van der Waals surface area contributed by atoms with E-state index in [1.54, 1.807) is 0 Å². The number of ether oxygens (including phenoxy) is 3. The van der Waals surface area contributed by atoms with Gasteiger partial charge in [-0.05, 0) is 0 Å². The predicted octanol–water partition coefficient (Wildman–Crippen LogP) is 1.63. The van der Waals surface area contributed by atoms with Crippen LogP contribution in [0.1, 0.15) is 12.6 Å². The Bertz CT molecular complexity index is 1280. The van der Waals surface area contributed by atoms with Crippen LogP contribution >= 0.6 is 0 Å². The lowest BCUT2D eigenvalue weighted by molar-refractivity contribution is -0.212. The number of rotatable bonds is 4. The summed E-state index contributed by atoms with van der Waals surface area (Å²) in [6.07, 6.45) is -20.3. The minimum absolute atomic E-state index is 0.300. The number of carbonyl (C=O) groups excluding carboxylic acids is 3. The Kier molecular flexibility index (Phi) is 7.26. The molecule has 20 heteroatoms. The average Bonchev–Trinajstić information content (AvgIpc) is 3.35. The van der Waals surface area contributed by atoms with E-state index in [0.717, 1.165) is 21.8 Å². The summed E-state index contributed by atoms with van der Waals surface area (Å²) < 4.78 is 129. The molecule has 0 bridgehead atoms. The molecule has 3 heterocycles. The summed E-state index contributed by atoms with van der Waals surface area (Å²) in [5.41, 5.74) is -1.30. The largest absolute Gasteiger partial charge is 0.490 e. The minimum Gasteiger partial charge on any atom is -0.456 e. The number of aromatic nitrogens is 4. The molecule has 1 saturated heterocycles. The molecule has 2 aromatic rings. The van der Waals surface area contributed by atoms with E-state index in [1.807, 2.05) is 0 Å². The molecule has 3 rings (SSSR count). The van der Waals surface area contributed by atoms with Gasteiger partial charge in [0.15, 0.2) is 16.7 Å². The summed E-state index contributed by atoms with van der Waals surface area (Å²) >= 11 is 0. The van der Waals surface area contributed by atoms with Gasteiger partial charge in [0.25, 0.3) is 0 Å². The maximum atomic E-state index is 12.7. The van der Waals surface area contributed by atoms with Crippen molar-refractivity contribution in [3.63, 3.8) is 0 Å². The molecule has 0 N–H and O–H groups in total. The number of alkyl halides is 9. The molecule has 1 amide bonds. The van der Waals surface area contributed by atoms with Crippen molar-refractivity contribution in [3.05, 3.63) is 18.1 Å². The normalized spacial score (nSPS) is 21.4. The number of fused-ring (bicyclic) bond motifs is 1. The van der Waals surface area contributed by atoms with E-state index in [1.165, 1.54) is 7.05 Å². The Morgan fingerprint density at radius 3 is 2.19 bits per heavy atom. The lowest BCUT2D eigenvalue weighted by Gasteiger charge is -2.19. The van der Waals surface area contributed by atoms with Crippen LogP contribution in [0.3, 0.4) is 0 Å². The molecule has 1 aliphatic heterocycles. The second-order valence-corrected chi connectivity index (χ2v) is 7.32. The maximum absolute atomic E-state index is 12.7. The topological polar surface area (TPSA) is 127 Å². The molecule has 0 saturated carbocycles. The molecule has 0 radical (unpaired) electrons. The Hall–Kier alpha value is -3.71. The summed E-state index contributed by atoms with van der Waals surface area (Å²) in [6.45, 7) is -1.28. The highest BCUT2D eigenvalue weighted by atomic mass is 19.4. The number of aryl methyl sites for hydroxylation is 1. The van der Waals surface area contributed by atoms with Gasteiger partial charge in [-0.2, -0.15) is 44.5 Å². The van der Waals surface area contributed by atoms with Gasteiger partial charge in [-0.3, -0.25) is 9.36 Å². The zero-order valence-electron chi connectivity index (χ0n) is 17.9. The van der Waals surface area contributed by atoms with Crippen molar-refractivity contribution in [3.8, 4) is 0 Å². The Morgan fingerprint density at radius 2 is 1.62 bits per heavy atom. The van der Waals surface area contributed by atoms with Crippen LogP contribution in [-0.4, -0.2) is 74.3 Å². The number of hydrogen-bond acceptors (Lipinski definition) is 8. The van der Waals surface area contributed by atoms with Crippen molar-refractivity contribution >= 4 is 29.0 Å². The smallest absolute Gasteiger partial charge is 0.456 e. The van der Waals surface area contributed by atoms with Crippen molar-refractivity contribution in [1.82, 2.24) is 19.1 Å². The van der Waals surface area contributed by atoms with E-state index in [9.17, 15) is 53.9 Å². The van der Waals surface area contributed by atoms with E-state index in [0.29, 0.717) is 0 Å². The second kappa shape index (κ2) is 9.63. The third-order valence-corrected chi connectivity index (χ3v) is 4.71. The summed E-state index contributed by atoms with van der Waals surface area (Å²) in [4.78, 5) is 44.2. The van der Waals surface area contributed by atoms with Crippen LogP contribution in [0.25, 0.3) is 11.2 Å². The zero-order chi connectivity index (χ0) is 27.9. The lowest BCUT2D eigenvalue weighted by Crippen LogP contribution is -2.37. The molecule has 37 heavy (non-hydrogen) atoms. The Morgan fingerprint density at radius 1 is 1.00 bits per heavy atom. The first-order chi connectivity index (χ1) is 16.9. The van der Waals surface area contributed by atoms with E-state index < -0.39 is 73.3 Å². The van der Waals surface area contributed by atoms with Crippen LogP contribution < -0.4 is 5.49 Å². The van der Waals surface area contributed by atoms with Crippen molar-refractivity contribution in [2.24, 2.45) is 12.0 Å². The summed E-state index contributed by atoms with van der Waals surface area (Å²) in [5, 5.41) is 0. The van der Waals surface area contributed by atoms with Crippen molar-refractivity contribution in [2.45, 2.75) is 43.4 Å². The number of amides is 1. The molecule has 0 spiro atoms. The summed E-state index contributed by atoms with van der Waals surface area (Å²) in [7, 11) is 1.18. The first kappa shape index (κ1) is 27.9. The van der Waals surface area contributed by atoms with Gasteiger partial charge in [0.1, 0.15) is 25.0 Å². The first-order valence-electron chi connectivity index (χ1n) is 9.61. The SMILES string of the molecule is Cn1cnc2c(ncn2C2CC(OC(=O)C(F)(F)F)C(COC(=O)C(F)(F)F)O2)c1=NC(=O)C(F)(F)F. The molecule has 204 valence electrons. The van der Waals surface area contributed by atoms with Crippen LogP contribution in [-0.2, 0) is 35.6 Å². The monoisotopic (exact) mass is 553 g/mol. The van der Waals surface area contributed by atoms with E-state index in [2.05, 4.69) is 24.4 Å². The molecule has 3 atom stereocenters. The zero-order valence-corrected chi connectivity index (χ0v) is 17.9. The molecule has 2 aromatic heterocycles. The molecule has 3 unspecified atom stereocenters. The molecule has 1 fully saturated rings. The summed E-state index contributed by atoms with van der Waals surface area (Å²) in [6, 6.07) is 0. The van der Waals surface area contributed by atoms with Gasteiger partial charge < -0.3 is 18.8 Å². The fourth-order valence-corrected chi connectivity index (χ4v) is 3.09. The highest BCUT2D eigenvalue weighted by Gasteiger charge is 2.48. The maximum Gasteiger partial charge on any atom is 0.490 e. The van der Waals surface area contributed by atoms with E-state index in [4.69, 9.17) is 4.74 Å². The second-order valence-electron chi connectivity index (χ2n) is 7.32. The van der Waals surface area contributed by atoms with Crippen LogP contribution in [0.2, 0.25) is 0 Å². The van der Waals surface area contributed by atoms with E-state index in [-0.39, 0.29) is 11.2 Å². The molecule has 11 nitrogen and oxygen atoms in total. The molecule has 0 aliphatic carbocycles. The number of hydrogen-bond donors (Lipinski definition) is 0. The number of halogens is 9. The fourth-order valence-electron chi connectivity index (χ4n) is 3.09. The van der Waals surface area contributed by atoms with E-state index >= 15 is 0 Å². The Balaban J connectivity index is 1.95. The van der Waals surface area contributed by atoms with Gasteiger partial charge in [-0.15, -0.1) is 0 Å². The standard InChI is InChI=1S/C17H12F9N5O6/c1-30-4-28-10-9(11(30)29-12(32)15(18,19)20)27-5-31(10)8-2-6(37-14(34)17(24,25)26)7(36-8)3-35-13(33)16(21,22)23/h4-8H,2-3H2,1H3. The van der Waals surface area contributed by atoms with Gasteiger partial charge in [-0.1, -0.05) is 0 Å². The van der Waals surface area contributed by atoms with Gasteiger partial charge >= 0.3 is 36.4 Å². The highest BCUT2D eigenvalue weighted by molar-refractivity contribution is 5.83. The van der Waals surface area contributed by atoms with Crippen LogP contribution in [0.4, 0.5) is 39.5 Å². The average molecular weight is 553 g/mol. The third-order valence-electron chi connectivity index (χ3n) is 4.71. The molecule has 0 aromatic carbocycles. The number of nitrogens with zero attached hydrogens (tertiary/aromatic N) is 5. The Labute approximate surface area is 197 Å². The predicted molar refractivity (Wildman–Crippen MR) is 94.6 cm³/mol. The molecule has 1 aliphatic rings. The van der Waals surface area contributed by atoms with Crippen LogP contribution in [0.5, 0.6) is 0 Å². The fraction of sp³-hybridized carbons (Fsp3) is 0.529. The first-order valence-corrected chi connectivity index (χ1v) is 9.61. The van der Waals surface area contributed by atoms with Gasteiger partial charge in [0.2, 0.25) is 0 Å². The highest BCUT2D eigenvalue weighted by Crippen LogP contribution is 2.34. The molecular formula is C17H12F9N5O6.